The highest BCUT2D eigenvalue weighted by atomic mass is 32.2. The van der Waals surface area contributed by atoms with Gasteiger partial charge < -0.3 is 5.32 Å². The Bertz CT molecular complexity index is 485. The molecule has 0 aliphatic carbocycles. The van der Waals surface area contributed by atoms with Crippen LogP contribution in [0.4, 0.5) is 0 Å². The minimum atomic E-state index is 0.951. The van der Waals surface area contributed by atoms with E-state index in [1.807, 2.05) is 23.5 Å². The van der Waals surface area contributed by atoms with Crippen LogP contribution in [0.2, 0.25) is 0 Å². The van der Waals surface area contributed by atoms with Crippen molar-refractivity contribution in [1.29, 1.82) is 0 Å². The van der Waals surface area contributed by atoms with Crippen molar-refractivity contribution < 1.29 is 0 Å². The zero-order valence-electron chi connectivity index (χ0n) is 11.1. The lowest BCUT2D eigenvalue weighted by Crippen LogP contribution is -2.16. The van der Waals surface area contributed by atoms with E-state index in [4.69, 9.17) is 0 Å². The molecule has 0 heterocycles. The molecule has 19 heavy (non-hydrogen) atoms. The number of hydrogen-bond acceptors (Lipinski definition) is 3. The lowest BCUT2D eigenvalue weighted by Gasteiger charge is -2.08. The molecular weight excluding hydrogens is 270 g/mol. The largest absolute Gasteiger partial charge is 0.312 e. The Morgan fingerprint density at radius 2 is 1.68 bits per heavy atom. The molecule has 0 saturated carbocycles. The Labute approximate surface area is 124 Å². The Morgan fingerprint density at radius 1 is 0.947 bits per heavy atom. The maximum atomic E-state index is 3.51. The topological polar surface area (TPSA) is 12.0 Å². The Hall–Kier alpha value is -0.900. The highest BCUT2D eigenvalue weighted by Crippen LogP contribution is 2.19. The molecule has 100 valence electrons. The summed E-state index contributed by atoms with van der Waals surface area (Å²) < 4.78 is 0. The summed E-state index contributed by atoms with van der Waals surface area (Å²) >= 11 is 3.71. The van der Waals surface area contributed by atoms with Gasteiger partial charge in [0.1, 0.15) is 0 Å². The van der Waals surface area contributed by atoms with Gasteiger partial charge in [0, 0.05) is 28.6 Å². The Balaban J connectivity index is 1.69. The summed E-state index contributed by atoms with van der Waals surface area (Å²) in [6.45, 7) is 1.98. The molecule has 0 saturated heterocycles. The highest BCUT2D eigenvalue weighted by molar-refractivity contribution is 7.99. The monoisotopic (exact) mass is 289 g/mol. The van der Waals surface area contributed by atoms with Crippen LogP contribution in [0.3, 0.4) is 0 Å². The second-order valence-electron chi connectivity index (χ2n) is 4.15. The predicted molar refractivity (Wildman–Crippen MR) is 87.1 cm³/mol. The number of rotatable bonds is 7. The first-order valence-electron chi connectivity index (χ1n) is 6.40. The Morgan fingerprint density at radius 3 is 2.47 bits per heavy atom. The fourth-order valence-electron chi connectivity index (χ4n) is 1.83. The molecule has 2 rings (SSSR count). The molecule has 0 spiro atoms. The Kier molecular flexibility index (Phi) is 6.34. The van der Waals surface area contributed by atoms with E-state index in [0.29, 0.717) is 0 Å². The average molecular weight is 289 g/mol. The summed E-state index contributed by atoms with van der Waals surface area (Å²) in [7, 11) is 0. The molecule has 0 aromatic heterocycles. The molecule has 0 bridgehead atoms. The summed E-state index contributed by atoms with van der Waals surface area (Å²) in [6.07, 6.45) is 2.13. The van der Waals surface area contributed by atoms with Crippen molar-refractivity contribution in [3.05, 3.63) is 60.2 Å². The number of hydrogen-bond donors (Lipinski definition) is 1. The quantitative estimate of drug-likeness (QED) is 0.603. The lowest BCUT2D eigenvalue weighted by molar-refractivity contribution is 0.723. The van der Waals surface area contributed by atoms with Crippen LogP contribution in [0.5, 0.6) is 0 Å². The van der Waals surface area contributed by atoms with Gasteiger partial charge in [-0.2, -0.15) is 0 Å². The van der Waals surface area contributed by atoms with Gasteiger partial charge in [-0.25, -0.2) is 0 Å². The van der Waals surface area contributed by atoms with Crippen molar-refractivity contribution in [2.24, 2.45) is 0 Å². The van der Waals surface area contributed by atoms with Crippen LogP contribution < -0.4 is 5.32 Å². The summed E-state index contributed by atoms with van der Waals surface area (Å²) in [5, 5.41) is 3.51. The highest BCUT2D eigenvalue weighted by Gasteiger charge is 1.99. The smallest absolute Gasteiger partial charge is 0.0216 e. The molecular formula is C16H19NS2. The van der Waals surface area contributed by atoms with E-state index in [1.54, 1.807) is 0 Å². The van der Waals surface area contributed by atoms with Gasteiger partial charge in [0.2, 0.25) is 0 Å². The molecule has 2 aromatic carbocycles. The second-order valence-corrected chi connectivity index (χ2v) is 6.17. The SMILES string of the molecule is CSc1ccccc1CNCCSc1ccccc1. The maximum Gasteiger partial charge on any atom is 0.0216 e. The van der Waals surface area contributed by atoms with Crippen molar-refractivity contribution in [2.45, 2.75) is 16.3 Å². The second kappa shape index (κ2) is 8.31. The van der Waals surface area contributed by atoms with Gasteiger partial charge in [0.15, 0.2) is 0 Å². The van der Waals surface area contributed by atoms with Gasteiger partial charge in [-0.05, 0) is 30.0 Å². The van der Waals surface area contributed by atoms with Crippen LogP contribution in [0.15, 0.2) is 64.4 Å². The van der Waals surface area contributed by atoms with Crippen LogP contribution in [0, 0.1) is 0 Å². The summed E-state index contributed by atoms with van der Waals surface area (Å²) in [6, 6.07) is 19.1. The summed E-state index contributed by atoms with van der Waals surface area (Å²) in [4.78, 5) is 2.71. The van der Waals surface area contributed by atoms with Crippen LogP contribution >= 0.6 is 23.5 Å². The minimum absolute atomic E-state index is 0.951. The molecule has 0 aliphatic rings. The van der Waals surface area contributed by atoms with Crippen LogP contribution in [-0.4, -0.2) is 18.6 Å². The number of thioether (sulfide) groups is 2. The van der Waals surface area contributed by atoms with Crippen molar-refractivity contribution in [3.63, 3.8) is 0 Å². The molecule has 1 nitrogen and oxygen atoms in total. The van der Waals surface area contributed by atoms with Gasteiger partial charge in [-0.1, -0.05) is 36.4 Å². The van der Waals surface area contributed by atoms with E-state index in [0.717, 1.165) is 18.8 Å². The first-order valence-corrected chi connectivity index (χ1v) is 8.61. The van der Waals surface area contributed by atoms with E-state index in [9.17, 15) is 0 Å². The molecule has 0 radical (unpaired) electrons. The van der Waals surface area contributed by atoms with E-state index in [1.165, 1.54) is 15.4 Å². The molecule has 0 amide bonds. The van der Waals surface area contributed by atoms with Gasteiger partial charge >= 0.3 is 0 Å². The van der Waals surface area contributed by atoms with Crippen LogP contribution in [-0.2, 0) is 6.54 Å². The van der Waals surface area contributed by atoms with E-state index >= 15 is 0 Å². The average Bonchev–Trinajstić information content (AvgIpc) is 2.48. The van der Waals surface area contributed by atoms with Crippen molar-refractivity contribution in [3.8, 4) is 0 Å². The third kappa shape index (κ3) is 4.94. The zero-order chi connectivity index (χ0) is 13.3. The van der Waals surface area contributed by atoms with E-state index in [2.05, 4.69) is 66.2 Å². The molecule has 0 aliphatic heterocycles. The zero-order valence-corrected chi connectivity index (χ0v) is 12.8. The van der Waals surface area contributed by atoms with Crippen molar-refractivity contribution >= 4 is 23.5 Å². The van der Waals surface area contributed by atoms with Gasteiger partial charge in [0.05, 0.1) is 0 Å². The van der Waals surface area contributed by atoms with Gasteiger partial charge in [-0.3, -0.25) is 0 Å². The fourth-order valence-corrected chi connectivity index (χ4v) is 3.28. The molecule has 1 N–H and O–H groups in total. The van der Waals surface area contributed by atoms with E-state index in [-0.39, 0.29) is 0 Å². The molecule has 2 aromatic rings. The molecule has 0 atom stereocenters. The lowest BCUT2D eigenvalue weighted by atomic mass is 10.2. The van der Waals surface area contributed by atoms with Gasteiger partial charge in [0.25, 0.3) is 0 Å². The van der Waals surface area contributed by atoms with Crippen molar-refractivity contribution in [1.82, 2.24) is 5.32 Å². The van der Waals surface area contributed by atoms with Crippen LogP contribution in [0.25, 0.3) is 0 Å². The van der Waals surface area contributed by atoms with E-state index < -0.39 is 0 Å². The third-order valence-corrected chi connectivity index (χ3v) is 4.65. The minimum Gasteiger partial charge on any atom is -0.312 e. The fraction of sp³-hybridized carbons (Fsp3) is 0.250. The molecule has 0 fully saturated rings. The van der Waals surface area contributed by atoms with Gasteiger partial charge in [-0.15, -0.1) is 23.5 Å². The number of benzene rings is 2. The summed E-state index contributed by atoms with van der Waals surface area (Å²) in [5.74, 6) is 1.10. The number of nitrogens with one attached hydrogen (secondary N) is 1. The standard InChI is InChI=1S/C16H19NS2/c1-18-16-10-6-5-7-14(16)13-17-11-12-19-15-8-3-2-4-9-15/h2-10,17H,11-13H2,1H3. The van der Waals surface area contributed by atoms with Crippen molar-refractivity contribution in [2.75, 3.05) is 18.6 Å². The van der Waals surface area contributed by atoms with Crippen LogP contribution in [0.1, 0.15) is 5.56 Å². The first-order chi connectivity index (χ1) is 9.40. The summed E-state index contributed by atoms with van der Waals surface area (Å²) in [5.41, 5.74) is 1.39. The maximum absolute atomic E-state index is 3.51. The normalized spacial score (nSPS) is 10.6. The third-order valence-electron chi connectivity index (χ3n) is 2.80. The predicted octanol–water partition coefficient (Wildman–Crippen LogP) is 4.29. The molecule has 0 unspecified atom stereocenters. The molecule has 3 heteroatoms. The first kappa shape index (κ1) is 14.5.